The number of nitrogens with one attached hydrogen (secondary N) is 1. The maximum Gasteiger partial charge on any atom is 0.241 e. The third kappa shape index (κ3) is 6.84. The van der Waals surface area contributed by atoms with Crippen molar-refractivity contribution >= 4 is 54.8 Å². The van der Waals surface area contributed by atoms with Gasteiger partial charge in [0.05, 0.1) is 0 Å². The summed E-state index contributed by atoms with van der Waals surface area (Å²) in [6.07, 6.45) is 1.41. The van der Waals surface area contributed by atoms with E-state index < -0.39 is 31.4 Å². The van der Waals surface area contributed by atoms with Gasteiger partial charge in [0.1, 0.15) is 11.5 Å². The first-order valence-corrected chi connectivity index (χ1v) is 12.5. The average Bonchev–Trinajstić information content (AvgIpc) is 3.08. The van der Waals surface area contributed by atoms with Crippen LogP contribution >= 0.6 is 23.2 Å². The van der Waals surface area contributed by atoms with Crippen molar-refractivity contribution in [2.24, 2.45) is 0 Å². The van der Waals surface area contributed by atoms with Crippen LogP contribution in [0.3, 0.4) is 0 Å². The van der Waals surface area contributed by atoms with Crippen molar-refractivity contribution in [1.29, 1.82) is 0 Å². The predicted molar refractivity (Wildman–Crippen MR) is 115 cm³/mol. The zero-order chi connectivity index (χ0) is 21.8. The molecule has 0 bridgehead atoms. The minimum absolute atomic E-state index is 0.215. The van der Waals surface area contributed by atoms with Gasteiger partial charge in [-0.2, -0.15) is 0 Å². The molecule has 8 nitrogen and oxygen atoms in total. The first-order valence-electron chi connectivity index (χ1n) is 8.34. The summed E-state index contributed by atoms with van der Waals surface area (Å²) >= 11 is 11.5. The van der Waals surface area contributed by atoms with Gasteiger partial charge in [-0.3, -0.25) is 4.72 Å². The maximum absolute atomic E-state index is 12.2. The minimum Gasteiger partial charge on any atom is -0.423 e. The molecule has 0 unspecified atom stereocenters. The van der Waals surface area contributed by atoms with Gasteiger partial charge in [0, 0.05) is 21.1 Å². The summed E-state index contributed by atoms with van der Waals surface area (Å²) in [6, 6.07) is 12.7. The van der Waals surface area contributed by atoms with Crippen molar-refractivity contribution in [3.05, 3.63) is 81.3 Å². The highest BCUT2D eigenvalue weighted by molar-refractivity contribution is 7.93. The van der Waals surface area contributed by atoms with E-state index >= 15 is 0 Å². The number of benzene rings is 2. The number of halogens is 2. The van der Waals surface area contributed by atoms with Crippen LogP contribution in [0.25, 0.3) is 6.08 Å². The summed E-state index contributed by atoms with van der Waals surface area (Å²) in [5.41, 5.74) is 0.961. The maximum atomic E-state index is 12.2. The molecule has 158 valence electrons. The Labute approximate surface area is 183 Å². The lowest BCUT2D eigenvalue weighted by Gasteiger charge is -2.05. The first kappa shape index (κ1) is 22.3. The Balaban J connectivity index is 1.63. The van der Waals surface area contributed by atoms with E-state index in [2.05, 4.69) is 14.9 Å². The molecule has 0 fully saturated rings. The van der Waals surface area contributed by atoms with Crippen LogP contribution in [-0.4, -0.2) is 27.0 Å². The fourth-order valence-corrected chi connectivity index (χ4v) is 4.46. The second-order valence-corrected chi connectivity index (χ2v) is 10.6. The van der Waals surface area contributed by atoms with Crippen LogP contribution in [-0.2, 0) is 31.4 Å². The van der Waals surface area contributed by atoms with Crippen LogP contribution in [0.1, 0.15) is 17.3 Å². The molecule has 0 radical (unpaired) electrons. The monoisotopic (exact) mass is 487 g/mol. The third-order valence-electron chi connectivity index (χ3n) is 3.60. The molecule has 0 saturated heterocycles. The van der Waals surface area contributed by atoms with Gasteiger partial charge in [0.25, 0.3) is 0 Å². The van der Waals surface area contributed by atoms with E-state index in [1.807, 2.05) is 0 Å². The van der Waals surface area contributed by atoms with E-state index in [0.29, 0.717) is 21.3 Å². The Morgan fingerprint density at radius 2 is 1.37 bits per heavy atom. The highest BCUT2D eigenvalue weighted by Crippen LogP contribution is 2.17. The molecule has 3 rings (SSSR count). The molecule has 30 heavy (non-hydrogen) atoms. The zero-order valence-electron chi connectivity index (χ0n) is 15.2. The molecule has 1 N–H and O–H groups in total. The van der Waals surface area contributed by atoms with E-state index in [4.69, 9.17) is 27.6 Å². The summed E-state index contributed by atoms with van der Waals surface area (Å²) in [5, 5.41) is 9.24. The molecular formula is C18H15Cl2N3O5S2. The van der Waals surface area contributed by atoms with Gasteiger partial charge in [0.2, 0.25) is 21.8 Å². The van der Waals surface area contributed by atoms with Gasteiger partial charge in [-0.05, 0) is 48.0 Å². The van der Waals surface area contributed by atoms with Crippen LogP contribution in [0.15, 0.2) is 58.4 Å². The Hall–Kier alpha value is -2.40. The molecule has 1 heterocycles. The van der Waals surface area contributed by atoms with E-state index in [-0.39, 0.29) is 11.8 Å². The largest absolute Gasteiger partial charge is 0.423 e. The number of nitrogens with zero attached hydrogens (tertiary/aromatic N) is 2. The summed E-state index contributed by atoms with van der Waals surface area (Å²) in [4.78, 5) is 0. The van der Waals surface area contributed by atoms with Crippen molar-refractivity contribution in [3.8, 4) is 0 Å². The fourth-order valence-electron chi connectivity index (χ4n) is 2.28. The highest BCUT2D eigenvalue weighted by Gasteiger charge is 2.19. The van der Waals surface area contributed by atoms with Crippen LogP contribution in [0.5, 0.6) is 0 Å². The van der Waals surface area contributed by atoms with Crippen LogP contribution < -0.4 is 4.72 Å². The molecule has 0 aliphatic heterocycles. The Morgan fingerprint density at radius 1 is 0.833 bits per heavy atom. The van der Waals surface area contributed by atoms with Gasteiger partial charge in [0.15, 0.2) is 9.84 Å². The second kappa shape index (κ2) is 9.17. The number of anilines is 1. The number of hydrogen-bond acceptors (Lipinski definition) is 7. The molecule has 0 spiro atoms. The fraction of sp³-hybridized carbons (Fsp3) is 0.111. The molecule has 0 atom stereocenters. The number of rotatable bonds is 8. The number of sulfonamides is 1. The summed E-state index contributed by atoms with van der Waals surface area (Å²) in [6.45, 7) is 0. The highest BCUT2D eigenvalue weighted by atomic mass is 35.5. The molecule has 0 amide bonds. The van der Waals surface area contributed by atoms with Crippen molar-refractivity contribution in [3.63, 3.8) is 0 Å². The topological polar surface area (TPSA) is 119 Å². The zero-order valence-corrected chi connectivity index (χ0v) is 18.3. The molecule has 1 aromatic heterocycles. The minimum atomic E-state index is -3.84. The summed E-state index contributed by atoms with van der Waals surface area (Å²) < 4.78 is 56.4. The van der Waals surface area contributed by atoms with E-state index in [1.165, 1.54) is 30.3 Å². The van der Waals surface area contributed by atoms with Crippen molar-refractivity contribution in [1.82, 2.24) is 10.2 Å². The van der Waals surface area contributed by atoms with Crippen LogP contribution in [0, 0.1) is 0 Å². The van der Waals surface area contributed by atoms with Gasteiger partial charge in [-0.25, -0.2) is 16.8 Å². The molecular weight excluding hydrogens is 473 g/mol. The molecule has 0 aliphatic rings. The Kier molecular flexibility index (Phi) is 6.81. The summed E-state index contributed by atoms with van der Waals surface area (Å²) in [5.74, 6) is -1.62. The quantitative estimate of drug-likeness (QED) is 0.511. The number of hydrogen-bond donors (Lipinski definition) is 1. The van der Waals surface area contributed by atoms with Crippen LogP contribution in [0.2, 0.25) is 10.0 Å². The Morgan fingerprint density at radius 3 is 1.97 bits per heavy atom. The van der Waals surface area contributed by atoms with Gasteiger partial charge < -0.3 is 4.42 Å². The second-order valence-electron chi connectivity index (χ2n) is 6.12. The van der Waals surface area contributed by atoms with E-state index in [0.717, 1.165) is 5.41 Å². The lowest BCUT2D eigenvalue weighted by Crippen LogP contribution is -2.15. The standard InChI is InChI=1S/C18H15Cl2N3O5S2/c19-14-3-1-13(2-4-14)9-10-29(24,25)11-17-21-22-18(28-17)12-30(26,27)23-16-7-5-15(20)6-8-16/h1-10,23H,11-12H2/b10-9-. The SMILES string of the molecule is O=S(=O)(/C=C\c1ccc(Cl)cc1)Cc1nnc(CS(=O)(=O)Nc2ccc(Cl)cc2)o1. The average molecular weight is 488 g/mol. The molecule has 3 aromatic rings. The summed E-state index contributed by atoms with van der Waals surface area (Å²) in [7, 11) is -7.56. The van der Waals surface area contributed by atoms with Gasteiger partial charge >= 0.3 is 0 Å². The molecule has 0 saturated carbocycles. The molecule has 12 heteroatoms. The van der Waals surface area contributed by atoms with Crippen molar-refractivity contribution < 1.29 is 21.3 Å². The smallest absolute Gasteiger partial charge is 0.241 e. The Bertz CT molecular complexity index is 1250. The first-order chi connectivity index (χ1) is 14.1. The van der Waals surface area contributed by atoms with Crippen molar-refractivity contribution in [2.45, 2.75) is 11.5 Å². The normalized spacial score (nSPS) is 12.3. The van der Waals surface area contributed by atoms with Gasteiger partial charge in [-0.1, -0.05) is 35.3 Å². The lowest BCUT2D eigenvalue weighted by atomic mass is 10.2. The third-order valence-corrected chi connectivity index (χ3v) is 6.48. The molecule has 0 aliphatic carbocycles. The van der Waals surface area contributed by atoms with Crippen molar-refractivity contribution in [2.75, 3.05) is 4.72 Å². The number of aromatic nitrogens is 2. The number of sulfone groups is 1. The lowest BCUT2D eigenvalue weighted by molar-refractivity contribution is 0.473. The van der Waals surface area contributed by atoms with E-state index in [1.54, 1.807) is 24.3 Å². The van der Waals surface area contributed by atoms with Crippen LogP contribution in [0.4, 0.5) is 5.69 Å². The predicted octanol–water partition coefficient (Wildman–Crippen LogP) is 3.90. The van der Waals surface area contributed by atoms with E-state index in [9.17, 15) is 16.8 Å². The van der Waals surface area contributed by atoms with Gasteiger partial charge in [-0.15, -0.1) is 10.2 Å². The molecule has 2 aromatic carbocycles.